The molecule has 144 valence electrons. The van der Waals surface area contributed by atoms with Crippen molar-refractivity contribution in [1.82, 2.24) is 19.5 Å². The number of hydrogen-bond acceptors (Lipinski definition) is 7. The second-order valence-corrected chi connectivity index (χ2v) is 8.32. The Morgan fingerprint density at radius 1 is 1.44 bits per heavy atom. The highest BCUT2D eigenvalue weighted by atomic mass is 32.1. The maximum atomic E-state index is 12.9. The van der Waals surface area contributed by atoms with Gasteiger partial charge in [0.1, 0.15) is 0 Å². The Hall–Kier alpha value is -1.90. The Bertz CT molecular complexity index is 784. The SMILES string of the molecule is Cc1snnc1C(=O)N1CC[C@H]2OCCC[C@]2(COCc2ccncc2)C1. The van der Waals surface area contributed by atoms with Crippen molar-refractivity contribution >= 4 is 17.4 Å². The van der Waals surface area contributed by atoms with Gasteiger partial charge in [-0.1, -0.05) is 4.49 Å². The van der Waals surface area contributed by atoms with Crippen LogP contribution in [0.5, 0.6) is 0 Å². The van der Waals surface area contributed by atoms with Crippen LogP contribution >= 0.6 is 11.5 Å². The maximum absolute atomic E-state index is 12.9. The summed E-state index contributed by atoms with van der Waals surface area (Å²) in [6, 6.07) is 3.92. The first-order valence-electron chi connectivity index (χ1n) is 9.34. The van der Waals surface area contributed by atoms with E-state index in [1.165, 1.54) is 11.5 Å². The molecule has 4 rings (SSSR count). The minimum absolute atomic E-state index is 0.0289. The van der Waals surface area contributed by atoms with Crippen LogP contribution in [0.2, 0.25) is 0 Å². The number of rotatable bonds is 5. The van der Waals surface area contributed by atoms with E-state index in [0.29, 0.717) is 32.0 Å². The fourth-order valence-corrected chi connectivity index (χ4v) is 4.56. The fraction of sp³-hybridized carbons (Fsp3) is 0.579. The van der Waals surface area contributed by atoms with Crippen LogP contribution < -0.4 is 0 Å². The molecule has 2 aliphatic rings. The van der Waals surface area contributed by atoms with Crippen LogP contribution in [-0.2, 0) is 16.1 Å². The van der Waals surface area contributed by atoms with Gasteiger partial charge in [0.05, 0.1) is 24.2 Å². The predicted octanol–water partition coefficient (Wildman–Crippen LogP) is 2.47. The summed E-state index contributed by atoms with van der Waals surface area (Å²) in [5.74, 6) is -0.0289. The number of aromatic nitrogens is 3. The molecule has 1 amide bonds. The quantitative estimate of drug-likeness (QED) is 0.783. The number of carbonyl (C=O) groups excluding carboxylic acids is 1. The van der Waals surface area contributed by atoms with Crippen molar-refractivity contribution in [2.45, 2.75) is 38.9 Å². The van der Waals surface area contributed by atoms with Gasteiger partial charge in [-0.05, 0) is 55.4 Å². The van der Waals surface area contributed by atoms with Gasteiger partial charge in [-0.3, -0.25) is 9.78 Å². The smallest absolute Gasteiger partial charge is 0.275 e. The number of fused-ring (bicyclic) bond motifs is 1. The van der Waals surface area contributed by atoms with Crippen LogP contribution in [0.25, 0.3) is 0 Å². The Balaban J connectivity index is 1.46. The van der Waals surface area contributed by atoms with Crippen LogP contribution in [0, 0.1) is 12.3 Å². The van der Waals surface area contributed by atoms with Gasteiger partial charge in [0.15, 0.2) is 5.69 Å². The average molecular weight is 388 g/mol. The minimum atomic E-state index is -0.156. The molecule has 0 N–H and O–H groups in total. The third-order valence-corrected chi connectivity index (χ3v) is 6.17. The van der Waals surface area contributed by atoms with Crippen LogP contribution in [-0.4, -0.2) is 57.8 Å². The highest BCUT2D eigenvalue weighted by molar-refractivity contribution is 7.05. The molecule has 2 aromatic heterocycles. The highest BCUT2D eigenvalue weighted by Crippen LogP contribution is 2.41. The van der Waals surface area contributed by atoms with Gasteiger partial charge in [0, 0.05) is 37.5 Å². The minimum Gasteiger partial charge on any atom is -0.377 e. The zero-order valence-corrected chi connectivity index (χ0v) is 16.3. The van der Waals surface area contributed by atoms with Gasteiger partial charge in [0.25, 0.3) is 5.91 Å². The molecule has 8 heteroatoms. The van der Waals surface area contributed by atoms with E-state index in [1.807, 2.05) is 24.0 Å². The second kappa shape index (κ2) is 8.00. The zero-order chi connectivity index (χ0) is 18.7. The van der Waals surface area contributed by atoms with Crippen LogP contribution in [0.3, 0.4) is 0 Å². The summed E-state index contributed by atoms with van der Waals surface area (Å²) >= 11 is 1.27. The van der Waals surface area contributed by atoms with Gasteiger partial charge < -0.3 is 14.4 Å². The highest BCUT2D eigenvalue weighted by Gasteiger charge is 2.47. The number of hydrogen-bond donors (Lipinski definition) is 0. The molecule has 0 spiro atoms. The monoisotopic (exact) mass is 388 g/mol. The van der Waals surface area contributed by atoms with Gasteiger partial charge >= 0.3 is 0 Å². The predicted molar refractivity (Wildman–Crippen MR) is 100 cm³/mol. The molecule has 0 aliphatic carbocycles. The first kappa shape index (κ1) is 18.5. The lowest BCUT2D eigenvalue weighted by Gasteiger charge is -2.50. The van der Waals surface area contributed by atoms with Gasteiger partial charge in [-0.2, -0.15) is 0 Å². The number of piperidine rings is 1. The molecule has 2 aliphatic heterocycles. The van der Waals surface area contributed by atoms with Crippen molar-refractivity contribution < 1.29 is 14.3 Å². The molecule has 0 unspecified atom stereocenters. The van der Waals surface area contributed by atoms with E-state index in [4.69, 9.17) is 9.47 Å². The molecule has 0 saturated carbocycles. The molecule has 2 atom stereocenters. The van der Waals surface area contributed by atoms with E-state index in [2.05, 4.69) is 14.6 Å². The number of aryl methyl sites for hydroxylation is 1. The van der Waals surface area contributed by atoms with E-state index in [-0.39, 0.29) is 17.4 Å². The Kier molecular flexibility index (Phi) is 5.47. The van der Waals surface area contributed by atoms with Crippen molar-refractivity contribution in [2.75, 3.05) is 26.3 Å². The van der Waals surface area contributed by atoms with Crippen LogP contribution in [0.4, 0.5) is 0 Å². The number of nitrogens with zero attached hydrogens (tertiary/aromatic N) is 4. The summed E-state index contributed by atoms with van der Waals surface area (Å²) in [4.78, 5) is 19.7. The van der Waals surface area contributed by atoms with Gasteiger partial charge in [-0.25, -0.2) is 0 Å². The van der Waals surface area contributed by atoms with Crippen molar-refractivity contribution in [2.24, 2.45) is 5.41 Å². The molecule has 2 fully saturated rings. The maximum Gasteiger partial charge on any atom is 0.275 e. The van der Waals surface area contributed by atoms with Crippen molar-refractivity contribution in [3.8, 4) is 0 Å². The molecule has 27 heavy (non-hydrogen) atoms. The number of likely N-dealkylation sites (tertiary alicyclic amines) is 1. The van der Waals surface area contributed by atoms with Crippen LogP contribution in [0.1, 0.15) is 40.2 Å². The van der Waals surface area contributed by atoms with E-state index in [1.54, 1.807) is 12.4 Å². The normalized spacial score (nSPS) is 25.2. The average Bonchev–Trinajstić information content (AvgIpc) is 3.13. The second-order valence-electron chi connectivity index (χ2n) is 7.37. The summed E-state index contributed by atoms with van der Waals surface area (Å²) < 4.78 is 16.1. The molecule has 2 aromatic rings. The largest absolute Gasteiger partial charge is 0.377 e. The molecular formula is C19H24N4O3S. The fourth-order valence-electron chi connectivity index (χ4n) is 4.10. The standard InChI is InChI=1S/C19H24N4O3S/c1-14-17(21-22-27-14)18(24)23-9-5-16-19(12-23,6-2-10-26-16)13-25-11-15-3-7-20-8-4-15/h3-4,7-8,16H,2,5-6,9-13H2,1H3/t16-,19-/m1/s1. The van der Waals surface area contributed by atoms with E-state index in [9.17, 15) is 4.79 Å². The molecule has 2 saturated heterocycles. The van der Waals surface area contributed by atoms with Gasteiger partial charge in [-0.15, -0.1) is 5.10 Å². The lowest BCUT2D eigenvalue weighted by atomic mass is 9.73. The number of ether oxygens (including phenoxy) is 2. The summed E-state index contributed by atoms with van der Waals surface area (Å²) in [5, 5.41) is 4.03. The van der Waals surface area contributed by atoms with Crippen molar-refractivity contribution in [3.63, 3.8) is 0 Å². The zero-order valence-electron chi connectivity index (χ0n) is 15.5. The lowest BCUT2D eigenvalue weighted by molar-refractivity contribution is -0.148. The van der Waals surface area contributed by atoms with E-state index < -0.39 is 0 Å². The number of pyridine rings is 1. The third kappa shape index (κ3) is 3.88. The number of amides is 1. The summed E-state index contributed by atoms with van der Waals surface area (Å²) in [7, 11) is 0. The van der Waals surface area contributed by atoms with Crippen molar-refractivity contribution in [3.05, 3.63) is 40.7 Å². The first-order valence-corrected chi connectivity index (χ1v) is 10.1. The number of carbonyl (C=O) groups is 1. The van der Waals surface area contributed by atoms with Crippen LogP contribution in [0.15, 0.2) is 24.5 Å². The Morgan fingerprint density at radius 3 is 3.07 bits per heavy atom. The molecular weight excluding hydrogens is 364 g/mol. The summed E-state index contributed by atoms with van der Waals surface area (Å²) in [5.41, 5.74) is 1.42. The third-order valence-electron chi connectivity index (χ3n) is 5.54. The van der Waals surface area contributed by atoms with E-state index in [0.717, 1.165) is 36.3 Å². The molecule has 0 bridgehead atoms. The summed E-state index contributed by atoms with van der Waals surface area (Å²) in [6.07, 6.45) is 6.52. The van der Waals surface area contributed by atoms with Gasteiger partial charge in [0.2, 0.25) is 0 Å². The molecule has 7 nitrogen and oxygen atoms in total. The summed E-state index contributed by atoms with van der Waals surface area (Å²) in [6.45, 7) is 5.14. The Labute approximate surface area is 162 Å². The van der Waals surface area contributed by atoms with Crippen molar-refractivity contribution in [1.29, 1.82) is 0 Å². The van der Waals surface area contributed by atoms with E-state index >= 15 is 0 Å². The molecule has 0 aromatic carbocycles. The lowest BCUT2D eigenvalue weighted by Crippen LogP contribution is -2.58. The molecule has 0 radical (unpaired) electrons. The topological polar surface area (TPSA) is 77.4 Å². The first-order chi connectivity index (χ1) is 13.2. The Morgan fingerprint density at radius 2 is 2.30 bits per heavy atom. The molecule has 4 heterocycles.